The minimum absolute atomic E-state index is 0. The van der Waals surface area contributed by atoms with Crippen molar-refractivity contribution in [3.05, 3.63) is 154 Å². The summed E-state index contributed by atoms with van der Waals surface area (Å²) in [4.78, 5) is 0. The van der Waals surface area contributed by atoms with E-state index in [0.717, 1.165) is 12.8 Å². The van der Waals surface area contributed by atoms with Crippen molar-refractivity contribution in [3.8, 4) is 11.1 Å². The number of fused-ring (bicyclic) bond motifs is 3. The Morgan fingerprint density at radius 3 is 1.84 bits per heavy atom. The van der Waals surface area contributed by atoms with Crippen LogP contribution in [0.4, 0.5) is 0 Å². The first-order valence-electron chi connectivity index (χ1n) is 12.1. The summed E-state index contributed by atoms with van der Waals surface area (Å²) in [6, 6.07) is 35.6. The van der Waals surface area contributed by atoms with Gasteiger partial charge in [0.2, 0.25) is 0 Å². The molecule has 0 aromatic heterocycles. The summed E-state index contributed by atoms with van der Waals surface area (Å²) in [7, 11) is 0. The Bertz CT molecular complexity index is 1280. The quantitative estimate of drug-likeness (QED) is 0.273. The summed E-state index contributed by atoms with van der Waals surface area (Å²) < 4.78 is 1.42. The fourth-order valence-corrected chi connectivity index (χ4v) is 5.06. The summed E-state index contributed by atoms with van der Waals surface area (Å²) in [5.74, 6) is 0. The van der Waals surface area contributed by atoms with Crippen LogP contribution in [0.15, 0.2) is 109 Å². The molecule has 0 amide bonds. The third-order valence-corrected chi connectivity index (χ3v) is 7.51. The molecule has 0 fully saturated rings. The van der Waals surface area contributed by atoms with Gasteiger partial charge in [-0.15, -0.1) is 24.5 Å². The molecule has 186 valence electrons. The van der Waals surface area contributed by atoms with Gasteiger partial charge in [0.25, 0.3) is 0 Å². The minimum atomic E-state index is 0. The second-order valence-electron chi connectivity index (χ2n) is 8.98. The number of allylic oxidation sites excluding steroid dienone is 4. The number of hydrogen-bond acceptors (Lipinski definition) is 0. The van der Waals surface area contributed by atoms with Crippen LogP contribution in [0.3, 0.4) is 0 Å². The van der Waals surface area contributed by atoms with Crippen LogP contribution < -0.4 is 24.8 Å². The maximum absolute atomic E-state index is 3.45. The number of hydrogen-bond donors (Lipinski definition) is 0. The predicted molar refractivity (Wildman–Crippen MR) is 145 cm³/mol. The average molecular weight is 601 g/mol. The summed E-state index contributed by atoms with van der Waals surface area (Å²) in [5, 5.41) is 0. The summed E-state index contributed by atoms with van der Waals surface area (Å²) in [6.45, 7) is 6.34. The molecule has 0 radical (unpaired) electrons. The molecule has 0 bridgehead atoms. The average Bonchev–Trinajstić information content (AvgIpc) is 3.50. The molecule has 0 atom stereocenters. The molecule has 0 saturated heterocycles. The van der Waals surface area contributed by atoms with Crippen molar-refractivity contribution in [2.24, 2.45) is 0 Å². The molecular weight excluding hydrogens is 571 g/mol. The number of aryl methyl sites for hydroxylation is 2. The zero-order valence-corrected chi connectivity index (χ0v) is 25.5. The van der Waals surface area contributed by atoms with Gasteiger partial charge in [0.1, 0.15) is 0 Å². The molecule has 3 heteroatoms. The standard InChI is InChI=1S/C15H13.C13H10.C6H7.2ClH.Zr/c1-10-3-5-14-12(7-10)9-13-8-11(2)4-6-15(13)14;1-3-7-12(8-4-1)11-13-9-5-2-6-10-13;1-6-4-2-3-5-6;;;/h3-7H,9H2,1-2H3;1-10H;4-5H,2H2,1H3;2*1H;/q-1;;-1;;;+2/p-2. The molecule has 2 aliphatic carbocycles. The van der Waals surface area contributed by atoms with Crippen molar-refractivity contribution in [1.82, 2.24) is 0 Å². The topological polar surface area (TPSA) is 0 Å². The summed E-state index contributed by atoms with van der Waals surface area (Å²) >= 11 is 1.46. The van der Waals surface area contributed by atoms with Crippen LogP contribution in [0.1, 0.15) is 46.7 Å². The number of benzene rings is 4. The van der Waals surface area contributed by atoms with Crippen LogP contribution in [0, 0.1) is 26.0 Å². The first kappa shape index (κ1) is 30.9. The first-order chi connectivity index (χ1) is 17.0. The molecule has 2 aliphatic rings. The predicted octanol–water partition coefficient (Wildman–Crippen LogP) is 2.18. The molecular formula is C34H30Cl2Zr-2. The summed E-state index contributed by atoms with van der Waals surface area (Å²) in [5.41, 5.74) is 12.2. The second kappa shape index (κ2) is 15.2. The third-order valence-electron chi connectivity index (χ3n) is 6.09. The Morgan fingerprint density at radius 1 is 0.730 bits per heavy atom. The van der Waals surface area contributed by atoms with E-state index in [1.807, 2.05) is 6.08 Å². The Kier molecular flexibility index (Phi) is 12.7. The van der Waals surface area contributed by atoms with Gasteiger partial charge in [-0.2, -0.15) is 29.8 Å². The van der Waals surface area contributed by atoms with E-state index in [1.54, 1.807) is 0 Å². The van der Waals surface area contributed by atoms with Crippen LogP contribution in [0.2, 0.25) is 0 Å². The van der Waals surface area contributed by atoms with Crippen LogP contribution in [-0.2, 0) is 30.7 Å². The molecule has 0 aliphatic heterocycles. The van der Waals surface area contributed by atoms with E-state index in [2.05, 4.69) is 130 Å². The molecule has 0 saturated carbocycles. The molecule has 37 heavy (non-hydrogen) atoms. The number of halogens is 2. The molecule has 4 aromatic rings. The Labute approximate surface area is 249 Å². The summed E-state index contributed by atoms with van der Waals surface area (Å²) in [6.07, 6.45) is 9.29. The van der Waals surface area contributed by atoms with Gasteiger partial charge in [-0.1, -0.05) is 36.2 Å². The molecule has 0 N–H and O–H groups in total. The fourth-order valence-electron chi connectivity index (χ4n) is 4.24. The second-order valence-corrected chi connectivity index (χ2v) is 10.2. The zero-order chi connectivity index (χ0) is 24.6. The van der Waals surface area contributed by atoms with Crippen molar-refractivity contribution < 1.29 is 49.0 Å². The molecule has 0 nitrogen and oxygen atoms in total. The molecule has 0 heterocycles. The molecule has 0 spiro atoms. The van der Waals surface area contributed by atoms with Crippen molar-refractivity contribution >= 4 is 3.21 Å². The van der Waals surface area contributed by atoms with E-state index in [4.69, 9.17) is 0 Å². The van der Waals surface area contributed by atoms with Crippen molar-refractivity contribution in [2.45, 2.75) is 33.6 Å². The van der Waals surface area contributed by atoms with Gasteiger partial charge in [-0.25, -0.2) is 11.6 Å². The van der Waals surface area contributed by atoms with Crippen LogP contribution >= 0.6 is 0 Å². The van der Waals surface area contributed by atoms with Gasteiger partial charge in [0.05, 0.1) is 0 Å². The first-order valence-corrected chi connectivity index (χ1v) is 13.3. The number of rotatable bonds is 2. The fraction of sp³-hybridized carbons (Fsp3) is 0.147. The molecule has 0 unspecified atom stereocenters. The molecule has 4 aromatic carbocycles. The van der Waals surface area contributed by atoms with Gasteiger partial charge >= 0.3 is 99.2 Å². The zero-order valence-electron chi connectivity index (χ0n) is 21.5. The molecule has 6 rings (SSSR count). The Morgan fingerprint density at radius 2 is 1.32 bits per heavy atom. The van der Waals surface area contributed by atoms with Crippen molar-refractivity contribution in [3.63, 3.8) is 0 Å². The van der Waals surface area contributed by atoms with Crippen molar-refractivity contribution in [2.75, 3.05) is 0 Å². The van der Waals surface area contributed by atoms with Gasteiger partial charge in [0, 0.05) is 0 Å². The van der Waals surface area contributed by atoms with Crippen LogP contribution in [0.25, 0.3) is 11.1 Å². The van der Waals surface area contributed by atoms with Gasteiger partial charge < -0.3 is 24.8 Å². The Balaban J connectivity index is 0.000000205. The monoisotopic (exact) mass is 598 g/mol. The van der Waals surface area contributed by atoms with E-state index < -0.39 is 0 Å². The Hall–Kier alpha value is -2.31. The normalized spacial score (nSPS) is 11.8. The SMILES string of the molecule is CC1=CC[C-]=C1.Cc1[c-]c2c(cc1)-c1ccc(C)cc1C2.[Cl-].[Cl-].[Zr+2]=[C](c1ccccc1)c1ccccc1. The van der Waals surface area contributed by atoms with E-state index in [0.29, 0.717) is 0 Å². The van der Waals surface area contributed by atoms with Gasteiger partial charge in [-0.05, 0) is 18.9 Å². The van der Waals surface area contributed by atoms with Crippen LogP contribution in [-0.4, -0.2) is 3.21 Å². The third kappa shape index (κ3) is 8.61. The van der Waals surface area contributed by atoms with E-state index >= 15 is 0 Å². The van der Waals surface area contributed by atoms with E-state index in [-0.39, 0.29) is 24.8 Å². The van der Waals surface area contributed by atoms with E-state index in [9.17, 15) is 0 Å². The maximum atomic E-state index is 3.45. The van der Waals surface area contributed by atoms with Gasteiger partial charge in [0.15, 0.2) is 0 Å². The van der Waals surface area contributed by atoms with E-state index in [1.165, 1.54) is 77.5 Å². The van der Waals surface area contributed by atoms with Gasteiger partial charge in [-0.3, -0.25) is 6.08 Å². The van der Waals surface area contributed by atoms with Crippen LogP contribution in [0.5, 0.6) is 0 Å². The van der Waals surface area contributed by atoms with Crippen molar-refractivity contribution in [1.29, 1.82) is 0 Å².